The first-order valence-corrected chi connectivity index (χ1v) is 8.33. The maximum absolute atomic E-state index is 12.6. The summed E-state index contributed by atoms with van der Waals surface area (Å²) in [4.78, 5) is 26.7. The van der Waals surface area contributed by atoms with Crippen LogP contribution in [0.2, 0.25) is 0 Å². The smallest absolute Gasteiger partial charge is 0.410 e. The molecule has 3 unspecified atom stereocenters. The quantitative estimate of drug-likeness (QED) is 0.736. The second-order valence-electron chi connectivity index (χ2n) is 7.55. The molecule has 0 bridgehead atoms. The first kappa shape index (κ1) is 16.3. The van der Waals surface area contributed by atoms with Crippen LogP contribution in [0.25, 0.3) is 0 Å². The highest BCUT2D eigenvalue weighted by Gasteiger charge is 2.41. The zero-order chi connectivity index (χ0) is 15.6. The van der Waals surface area contributed by atoms with E-state index in [0.29, 0.717) is 12.2 Å². The molecule has 2 fully saturated rings. The molecule has 0 radical (unpaired) electrons. The van der Waals surface area contributed by atoms with Crippen LogP contribution in [0, 0.1) is 5.92 Å². The van der Waals surface area contributed by atoms with Gasteiger partial charge in [0, 0.05) is 24.4 Å². The van der Waals surface area contributed by atoms with Crippen LogP contribution >= 0.6 is 0 Å². The number of ether oxygens (including phenoxy) is 1. The molecule has 0 aromatic rings. The van der Waals surface area contributed by atoms with E-state index in [0.717, 1.165) is 38.5 Å². The Kier molecular flexibility index (Phi) is 4.95. The standard InChI is InChI=1S/C17H29NO3/c1-12-8-7-10-14(13-9-5-6-11-15(13)19)18(12)16(20)21-17(2,3)4/h12-14H,5-11H2,1-4H3. The molecule has 4 heteroatoms. The number of nitrogens with zero attached hydrogens (tertiary/aromatic N) is 1. The summed E-state index contributed by atoms with van der Waals surface area (Å²) in [6.07, 6.45) is 6.48. The lowest BCUT2D eigenvalue weighted by molar-refractivity contribution is -0.128. The van der Waals surface area contributed by atoms with Crippen LogP contribution in [0.5, 0.6) is 0 Å². The van der Waals surface area contributed by atoms with Crippen molar-refractivity contribution >= 4 is 11.9 Å². The van der Waals surface area contributed by atoms with Gasteiger partial charge in [-0.25, -0.2) is 4.79 Å². The molecule has 0 spiro atoms. The van der Waals surface area contributed by atoms with E-state index in [1.807, 2.05) is 25.7 Å². The van der Waals surface area contributed by atoms with Gasteiger partial charge < -0.3 is 9.64 Å². The number of amides is 1. The molecular weight excluding hydrogens is 266 g/mol. The average Bonchev–Trinajstić information content (AvgIpc) is 2.36. The van der Waals surface area contributed by atoms with Gasteiger partial charge in [-0.3, -0.25) is 4.79 Å². The lowest BCUT2D eigenvalue weighted by Gasteiger charge is -2.44. The van der Waals surface area contributed by atoms with E-state index < -0.39 is 5.60 Å². The van der Waals surface area contributed by atoms with Gasteiger partial charge in [-0.05, 0) is 59.8 Å². The van der Waals surface area contributed by atoms with E-state index in [-0.39, 0.29) is 24.1 Å². The molecular formula is C17H29NO3. The minimum Gasteiger partial charge on any atom is -0.444 e. The molecule has 4 nitrogen and oxygen atoms in total. The van der Waals surface area contributed by atoms with E-state index in [1.54, 1.807) is 0 Å². The molecule has 1 aliphatic carbocycles. The molecule has 0 N–H and O–H groups in total. The van der Waals surface area contributed by atoms with Gasteiger partial charge in [0.1, 0.15) is 11.4 Å². The van der Waals surface area contributed by atoms with E-state index in [1.165, 1.54) is 0 Å². The molecule has 1 heterocycles. The van der Waals surface area contributed by atoms with Crippen LogP contribution in [-0.2, 0) is 9.53 Å². The summed E-state index contributed by atoms with van der Waals surface area (Å²) in [7, 11) is 0. The number of piperidine rings is 1. The first-order valence-electron chi connectivity index (χ1n) is 8.33. The fraction of sp³-hybridized carbons (Fsp3) is 0.882. The largest absolute Gasteiger partial charge is 0.444 e. The van der Waals surface area contributed by atoms with Crippen molar-refractivity contribution in [1.82, 2.24) is 4.90 Å². The Hall–Kier alpha value is -1.06. The molecule has 1 aliphatic heterocycles. The Labute approximate surface area is 128 Å². The monoisotopic (exact) mass is 295 g/mol. The van der Waals surface area contributed by atoms with Gasteiger partial charge in [-0.15, -0.1) is 0 Å². The summed E-state index contributed by atoms with van der Waals surface area (Å²) in [6, 6.07) is 0.199. The van der Waals surface area contributed by atoms with Gasteiger partial charge in [0.05, 0.1) is 0 Å². The molecule has 2 aliphatic rings. The Morgan fingerprint density at radius 3 is 2.48 bits per heavy atom. The van der Waals surface area contributed by atoms with Gasteiger partial charge in [-0.2, -0.15) is 0 Å². The lowest BCUT2D eigenvalue weighted by Crippen LogP contribution is -2.55. The van der Waals surface area contributed by atoms with Gasteiger partial charge in [0.25, 0.3) is 0 Å². The van der Waals surface area contributed by atoms with Crippen LogP contribution in [0.15, 0.2) is 0 Å². The van der Waals surface area contributed by atoms with E-state index >= 15 is 0 Å². The second kappa shape index (κ2) is 6.37. The highest BCUT2D eigenvalue weighted by Crippen LogP contribution is 2.34. The Morgan fingerprint density at radius 2 is 1.86 bits per heavy atom. The Bertz CT molecular complexity index is 399. The van der Waals surface area contributed by atoms with Crippen LogP contribution in [0.1, 0.15) is 72.6 Å². The SMILES string of the molecule is CC1CCCC(C2CCCCC2=O)N1C(=O)OC(C)(C)C. The Balaban J connectivity index is 2.16. The second-order valence-corrected chi connectivity index (χ2v) is 7.55. The van der Waals surface area contributed by atoms with Crippen molar-refractivity contribution < 1.29 is 14.3 Å². The van der Waals surface area contributed by atoms with Crippen molar-refractivity contribution in [3.63, 3.8) is 0 Å². The zero-order valence-corrected chi connectivity index (χ0v) is 13.9. The fourth-order valence-electron chi connectivity index (χ4n) is 3.67. The molecule has 1 saturated heterocycles. The van der Waals surface area contributed by atoms with E-state index in [4.69, 9.17) is 4.74 Å². The summed E-state index contributed by atoms with van der Waals surface area (Å²) >= 11 is 0. The van der Waals surface area contributed by atoms with Crippen LogP contribution in [0.4, 0.5) is 4.79 Å². The number of hydrogen-bond acceptors (Lipinski definition) is 3. The van der Waals surface area contributed by atoms with Gasteiger partial charge in [0.15, 0.2) is 0 Å². The van der Waals surface area contributed by atoms with Crippen LogP contribution < -0.4 is 0 Å². The van der Waals surface area contributed by atoms with Crippen molar-refractivity contribution in [2.24, 2.45) is 5.92 Å². The number of hydrogen-bond donors (Lipinski definition) is 0. The Morgan fingerprint density at radius 1 is 1.14 bits per heavy atom. The molecule has 1 amide bonds. The summed E-state index contributed by atoms with van der Waals surface area (Å²) in [5.74, 6) is 0.364. The van der Waals surface area contributed by atoms with Gasteiger partial charge in [0.2, 0.25) is 0 Å². The fourth-order valence-corrected chi connectivity index (χ4v) is 3.67. The lowest BCUT2D eigenvalue weighted by atomic mass is 9.78. The highest BCUT2D eigenvalue weighted by atomic mass is 16.6. The molecule has 3 atom stereocenters. The number of likely N-dealkylation sites (tertiary alicyclic amines) is 1. The predicted octanol–water partition coefficient (Wildman–Crippen LogP) is 3.92. The molecule has 21 heavy (non-hydrogen) atoms. The number of carbonyl (C=O) groups is 2. The summed E-state index contributed by atoms with van der Waals surface area (Å²) in [5, 5.41) is 0. The van der Waals surface area contributed by atoms with Crippen LogP contribution in [0.3, 0.4) is 0 Å². The number of carbonyl (C=O) groups excluding carboxylic acids is 2. The highest BCUT2D eigenvalue weighted by molar-refractivity contribution is 5.83. The van der Waals surface area contributed by atoms with Crippen LogP contribution in [-0.4, -0.2) is 34.5 Å². The molecule has 1 saturated carbocycles. The topological polar surface area (TPSA) is 46.6 Å². The van der Waals surface area contributed by atoms with Crippen molar-refractivity contribution in [3.8, 4) is 0 Å². The van der Waals surface area contributed by atoms with Crippen molar-refractivity contribution in [2.45, 2.75) is 90.3 Å². The summed E-state index contributed by atoms with van der Waals surface area (Å²) in [6.45, 7) is 7.74. The van der Waals surface area contributed by atoms with Crippen molar-refractivity contribution in [1.29, 1.82) is 0 Å². The molecule has 0 aromatic heterocycles. The van der Waals surface area contributed by atoms with Crippen molar-refractivity contribution in [3.05, 3.63) is 0 Å². The maximum Gasteiger partial charge on any atom is 0.410 e. The molecule has 0 aromatic carbocycles. The van der Waals surface area contributed by atoms with Gasteiger partial charge >= 0.3 is 6.09 Å². The first-order chi connectivity index (χ1) is 9.79. The predicted molar refractivity (Wildman–Crippen MR) is 82.1 cm³/mol. The third-order valence-electron chi connectivity index (χ3n) is 4.62. The summed E-state index contributed by atoms with van der Waals surface area (Å²) < 4.78 is 5.58. The van der Waals surface area contributed by atoms with E-state index in [2.05, 4.69) is 6.92 Å². The number of ketones is 1. The normalized spacial score (nSPS) is 31.1. The molecule has 120 valence electrons. The van der Waals surface area contributed by atoms with Gasteiger partial charge in [-0.1, -0.05) is 6.42 Å². The molecule has 2 rings (SSSR count). The minimum absolute atomic E-state index is 0.0222. The van der Waals surface area contributed by atoms with Crippen molar-refractivity contribution in [2.75, 3.05) is 0 Å². The maximum atomic E-state index is 12.6. The summed E-state index contributed by atoms with van der Waals surface area (Å²) in [5.41, 5.74) is -0.491. The number of rotatable bonds is 1. The third kappa shape index (κ3) is 3.98. The minimum atomic E-state index is -0.491. The zero-order valence-electron chi connectivity index (χ0n) is 13.9. The van der Waals surface area contributed by atoms with E-state index in [9.17, 15) is 9.59 Å². The third-order valence-corrected chi connectivity index (χ3v) is 4.62. The number of Topliss-reactive ketones (excluding diaryl/α,β-unsaturated/α-hetero) is 1. The average molecular weight is 295 g/mol.